The minimum atomic E-state index is 0.0877. The second-order valence-electron chi connectivity index (χ2n) is 7.03. The molecule has 1 rings (SSSR count). The summed E-state index contributed by atoms with van der Waals surface area (Å²) >= 11 is 0. The molecule has 0 aromatic heterocycles. The van der Waals surface area contributed by atoms with Crippen molar-refractivity contribution < 1.29 is 4.79 Å². The van der Waals surface area contributed by atoms with E-state index in [9.17, 15) is 4.79 Å². The van der Waals surface area contributed by atoms with Crippen molar-refractivity contribution in [2.24, 2.45) is 5.41 Å². The Morgan fingerprint density at radius 2 is 1.77 bits per heavy atom. The molecule has 1 heteroatoms. The van der Waals surface area contributed by atoms with Gasteiger partial charge >= 0.3 is 0 Å². The smallest absolute Gasteiger partial charge is 0.152 e. The molecule has 0 bridgehead atoms. The average molecular weight is 298 g/mol. The Morgan fingerprint density at radius 3 is 2.36 bits per heavy atom. The van der Waals surface area contributed by atoms with E-state index in [0.717, 1.165) is 5.57 Å². The number of rotatable bonds is 5. The van der Waals surface area contributed by atoms with E-state index in [-0.39, 0.29) is 11.2 Å². The van der Waals surface area contributed by atoms with Gasteiger partial charge in [-0.2, -0.15) is 0 Å². The molecule has 1 nitrogen and oxygen atoms in total. The standard InChI is InChI=1S/C21H30O/c1-16(9-7-10-17(2)15-19(4)22)12-13-20-18(3)11-8-14-21(20,5)6/h7,9-10,12-13,15H,8,11,14H2,1-6H3/b10-7+,13-12+,16-9-,17-15-. The normalized spacial score (nSPS) is 20.3. The monoisotopic (exact) mass is 298 g/mol. The zero-order chi connectivity index (χ0) is 16.8. The van der Waals surface area contributed by atoms with Gasteiger partial charge in [0.1, 0.15) is 0 Å². The molecule has 0 amide bonds. The second-order valence-corrected chi connectivity index (χ2v) is 7.03. The fourth-order valence-electron chi connectivity index (χ4n) is 3.00. The van der Waals surface area contributed by atoms with Gasteiger partial charge in [0.25, 0.3) is 0 Å². The average Bonchev–Trinajstić information content (AvgIpc) is 2.36. The van der Waals surface area contributed by atoms with Crippen molar-refractivity contribution in [1.29, 1.82) is 0 Å². The minimum Gasteiger partial charge on any atom is -0.295 e. The third kappa shape index (κ3) is 6.01. The summed E-state index contributed by atoms with van der Waals surface area (Å²) in [6.07, 6.45) is 16.0. The third-order valence-electron chi connectivity index (χ3n) is 4.20. The third-order valence-corrected chi connectivity index (χ3v) is 4.20. The van der Waals surface area contributed by atoms with Crippen LogP contribution in [0.1, 0.15) is 60.8 Å². The van der Waals surface area contributed by atoms with Crippen LogP contribution < -0.4 is 0 Å². The summed E-state index contributed by atoms with van der Waals surface area (Å²) in [5, 5.41) is 0. The van der Waals surface area contributed by atoms with Crippen LogP contribution in [0.5, 0.6) is 0 Å². The maximum absolute atomic E-state index is 11.0. The molecule has 0 atom stereocenters. The molecular weight excluding hydrogens is 268 g/mol. The Morgan fingerprint density at radius 1 is 1.09 bits per heavy atom. The van der Waals surface area contributed by atoms with Gasteiger partial charge in [0, 0.05) is 0 Å². The maximum atomic E-state index is 11.0. The number of carbonyl (C=O) groups excluding carboxylic acids is 1. The van der Waals surface area contributed by atoms with Crippen LogP contribution >= 0.6 is 0 Å². The van der Waals surface area contributed by atoms with Crippen LogP contribution in [-0.2, 0) is 4.79 Å². The van der Waals surface area contributed by atoms with E-state index < -0.39 is 0 Å². The van der Waals surface area contributed by atoms with Gasteiger partial charge in [-0.1, -0.05) is 55.4 Å². The molecule has 22 heavy (non-hydrogen) atoms. The number of ketones is 1. The van der Waals surface area contributed by atoms with Crippen molar-refractivity contribution in [2.45, 2.75) is 60.8 Å². The predicted octanol–water partition coefficient (Wildman–Crippen LogP) is 6.11. The van der Waals surface area contributed by atoms with Crippen molar-refractivity contribution in [2.75, 3.05) is 0 Å². The van der Waals surface area contributed by atoms with Crippen LogP contribution in [0.2, 0.25) is 0 Å². The number of allylic oxidation sites excluding steroid dienone is 10. The molecule has 0 spiro atoms. The van der Waals surface area contributed by atoms with Crippen LogP contribution in [0, 0.1) is 5.41 Å². The SMILES string of the molecule is CC(=O)\C=C(C)/C=C/C=C(C)\C=C\C1=C(C)CCCC1(C)C. The molecule has 0 aromatic carbocycles. The molecule has 0 radical (unpaired) electrons. The Hall–Kier alpha value is -1.63. The molecule has 0 heterocycles. The van der Waals surface area contributed by atoms with Crippen LogP contribution in [0.15, 0.2) is 58.7 Å². The Kier molecular flexibility index (Phi) is 6.80. The van der Waals surface area contributed by atoms with Gasteiger partial charge in [-0.05, 0) is 69.6 Å². The molecule has 0 aliphatic heterocycles. The summed E-state index contributed by atoms with van der Waals surface area (Å²) in [5.41, 5.74) is 5.50. The zero-order valence-electron chi connectivity index (χ0n) is 15.0. The Balaban J connectivity index is 2.79. The van der Waals surface area contributed by atoms with Gasteiger partial charge in [-0.15, -0.1) is 0 Å². The van der Waals surface area contributed by atoms with Crippen LogP contribution in [0.25, 0.3) is 0 Å². The van der Waals surface area contributed by atoms with Gasteiger partial charge in [0.05, 0.1) is 0 Å². The first-order valence-corrected chi connectivity index (χ1v) is 8.14. The molecule has 0 unspecified atom stereocenters. The van der Waals surface area contributed by atoms with Crippen molar-refractivity contribution in [1.82, 2.24) is 0 Å². The lowest BCUT2D eigenvalue weighted by molar-refractivity contribution is -0.112. The highest BCUT2D eigenvalue weighted by molar-refractivity contribution is 5.88. The quantitative estimate of drug-likeness (QED) is 0.442. The summed E-state index contributed by atoms with van der Waals surface area (Å²) in [6, 6.07) is 0. The molecule has 0 aromatic rings. The summed E-state index contributed by atoms with van der Waals surface area (Å²) in [6.45, 7) is 12.6. The first kappa shape index (κ1) is 18.4. The first-order chi connectivity index (χ1) is 10.2. The van der Waals surface area contributed by atoms with Gasteiger partial charge in [-0.25, -0.2) is 0 Å². The van der Waals surface area contributed by atoms with Gasteiger partial charge in [-0.3, -0.25) is 4.79 Å². The molecule has 0 saturated heterocycles. The van der Waals surface area contributed by atoms with Crippen LogP contribution in [0.3, 0.4) is 0 Å². The summed E-state index contributed by atoms with van der Waals surface area (Å²) in [7, 11) is 0. The fraction of sp³-hybridized carbons (Fsp3) is 0.476. The van der Waals surface area contributed by atoms with Crippen molar-refractivity contribution >= 4 is 5.78 Å². The Labute approximate surface area is 136 Å². The summed E-state index contributed by atoms with van der Waals surface area (Å²) in [4.78, 5) is 11.0. The largest absolute Gasteiger partial charge is 0.295 e. The maximum Gasteiger partial charge on any atom is 0.152 e. The molecular formula is C21H30O. The van der Waals surface area contributed by atoms with E-state index in [0.29, 0.717) is 0 Å². The van der Waals surface area contributed by atoms with Crippen molar-refractivity contribution in [3.63, 3.8) is 0 Å². The molecule has 0 fully saturated rings. The summed E-state index contributed by atoms with van der Waals surface area (Å²) < 4.78 is 0. The molecule has 120 valence electrons. The van der Waals surface area contributed by atoms with E-state index in [2.05, 4.69) is 45.9 Å². The lowest BCUT2D eigenvalue weighted by atomic mass is 9.72. The highest BCUT2D eigenvalue weighted by Gasteiger charge is 2.26. The topological polar surface area (TPSA) is 17.1 Å². The lowest BCUT2D eigenvalue weighted by Crippen LogP contribution is -2.19. The van der Waals surface area contributed by atoms with Crippen molar-refractivity contribution in [3.8, 4) is 0 Å². The van der Waals surface area contributed by atoms with E-state index in [1.165, 1.54) is 36.0 Å². The van der Waals surface area contributed by atoms with Gasteiger partial charge in [0.15, 0.2) is 5.78 Å². The molecule has 0 N–H and O–H groups in total. The van der Waals surface area contributed by atoms with E-state index in [1.807, 2.05) is 19.1 Å². The minimum absolute atomic E-state index is 0.0877. The lowest BCUT2D eigenvalue weighted by Gasteiger charge is -2.32. The molecule has 0 saturated carbocycles. The number of hydrogen-bond donors (Lipinski definition) is 0. The van der Waals surface area contributed by atoms with E-state index >= 15 is 0 Å². The van der Waals surface area contributed by atoms with Crippen molar-refractivity contribution in [3.05, 3.63) is 58.7 Å². The number of carbonyl (C=O) groups is 1. The highest BCUT2D eigenvalue weighted by Crippen LogP contribution is 2.40. The van der Waals surface area contributed by atoms with E-state index in [4.69, 9.17) is 0 Å². The Bertz CT molecular complexity index is 563. The first-order valence-electron chi connectivity index (χ1n) is 8.14. The number of hydrogen-bond acceptors (Lipinski definition) is 1. The zero-order valence-corrected chi connectivity index (χ0v) is 15.0. The predicted molar refractivity (Wildman–Crippen MR) is 96.8 cm³/mol. The van der Waals surface area contributed by atoms with Gasteiger partial charge in [0.2, 0.25) is 0 Å². The second kappa shape index (κ2) is 8.12. The highest BCUT2D eigenvalue weighted by atomic mass is 16.1. The van der Waals surface area contributed by atoms with Crippen LogP contribution in [0.4, 0.5) is 0 Å². The van der Waals surface area contributed by atoms with Crippen LogP contribution in [-0.4, -0.2) is 5.78 Å². The molecule has 1 aliphatic carbocycles. The summed E-state index contributed by atoms with van der Waals surface area (Å²) in [5.74, 6) is 0.0877. The van der Waals surface area contributed by atoms with Gasteiger partial charge < -0.3 is 0 Å². The molecule has 1 aliphatic rings. The van der Waals surface area contributed by atoms with E-state index in [1.54, 1.807) is 13.0 Å². The fourth-order valence-corrected chi connectivity index (χ4v) is 3.00.